The average molecular weight is 389 g/mol. The molecule has 0 bridgehead atoms. The number of anilines is 1. The number of benzene rings is 1. The van der Waals surface area contributed by atoms with E-state index in [1.165, 1.54) is 7.11 Å². The molecule has 0 aliphatic rings. The Morgan fingerprint density at radius 1 is 1.33 bits per heavy atom. The standard InChI is InChI=1S/C19H21ClN4O3/c1-5-16-22-19(27-23-16)18-11(2)8-12(3)24(18)10-17(25)21-14-9-13(20)6-7-15(14)26-4/h6-9H,5,10H2,1-4H3,(H,21,25). The van der Waals surface area contributed by atoms with Crippen LogP contribution in [-0.2, 0) is 17.8 Å². The van der Waals surface area contributed by atoms with Crippen LogP contribution in [0.1, 0.15) is 24.0 Å². The largest absolute Gasteiger partial charge is 0.495 e. The number of hydrogen-bond donors (Lipinski definition) is 1. The first-order valence-electron chi connectivity index (χ1n) is 8.56. The van der Waals surface area contributed by atoms with Crippen molar-refractivity contribution in [1.29, 1.82) is 0 Å². The third-order valence-electron chi connectivity index (χ3n) is 4.22. The van der Waals surface area contributed by atoms with Crippen molar-refractivity contribution in [2.75, 3.05) is 12.4 Å². The summed E-state index contributed by atoms with van der Waals surface area (Å²) in [6.07, 6.45) is 0.678. The number of methoxy groups -OCH3 is 1. The zero-order chi connectivity index (χ0) is 19.6. The van der Waals surface area contributed by atoms with Gasteiger partial charge in [0, 0.05) is 17.1 Å². The van der Waals surface area contributed by atoms with Gasteiger partial charge in [0.2, 0.25) is 5.91 Å². The number of aryl methyl sites for hydroxylation is 3. The highest BCUT2D eigenvalue weighted by atomic mass is 35.5. The molecule has 1 aromatic carbocycles. The highest BCUT2D eigenvalue weighted by Gasteiger charge is 2.20. The van der Waals surface area contributed by atoms with Gasteiger partial charge in [-0.25, -0.2) is 0 Å². The number of halogens is 1. The number of rotatable bonds is 6. The monoisotopic (exact) mass is 388 g/mol. The van der Waals surface area contributed by atoms with Crippen molar-refractivity contribution in [3.8, 4) is 17.3 Å². The summed E-state index contributed by atoms with van der Waals surface area (Å²) in [5, 5.41) is 7.31. The fourth-order valence-corrected chi connectivity index (χ4v) is 3.11. The van der Waals surface area contributed by atoms with Gasteiger partial charge in [0.25, 0.3) is 5.89 Å². The van der Waals surface area contributed by atoms with Gasteiger partial charge in [-0.15, -0.1) is 0 Å². The molecule has 0 atom stereocenters. The minimum Gasteiger partial charge on any atom is -0.495 e. The molecule has 0 radical (unpaired) electrons. The number of ether oxygens (including phenoxy) is 1. The molecule has 3 aromatic rings. The molecule has 7 nitrogen and oxygen atoms in total. The summed E-state index contributed by atoms with van der Waals surface area (Å²) in [6.45, 7) is 5.93. The lowest BCUT2D eigenvalue weighted by atomic mass is 10.2. The lowest BCUT2D eigenvalue weighted by molar-refractivity contribution is -0.116. The number of hydrogen-bond acceptors (Lipinski definition) is 5. The SMILES string of the molecule is CCc1noc(-c2c(C)cc(C)n2CC(=O)Nc2cc(Cl)ccc2OC)n1. The summed E-state index contributed by atoms with van der Waals surface area (Å²) >= 11 is 6.03. The molecular weight excluding hydrogens is 368 g/mol. The molecule has 2 heterocycles. The number of nitrogens with zero attached hydrogens (tertiary/aromatic N) is 3. The Morgan fingerprint density at radius 3 is 2.78 bits per heavy atom. The Hall–Kier alpha value is -2.80. The quantitative estimate of drug-likeness (QED) is 0.689. The van der Waals surface area contributed by atoms with Crippen molar-refractivity contribution >= 4 is 23.2 Å². The van der Waals surface area contributed by atoms with E-state index in [4.69, 9.17) is 20.9 Å². The molecule has 142 valence electrons. The van der Waals surface area contributed by atoms with Gasteiger partial charge < -0.3 is 19.1 Å². The van der Waals surface area contributed by atoms with Crippen molar-refractivity contribution in [3.63, 3.8) is 0 Å². The van der Waals surface area contributed by atoms with E-state index in [9.17, 15) is 4.79 Å². The number of carbonyl (C=O) groups excluding carboxylic acids is 1. The van der Waals surface area contributed by atoms with Crippen LogP contribution in [0.2, 0.25) is 5.02 Å². The summed E-state index contributed by atoms with van der Waals surface area (Å²) in [4.78, 5) is 17.1. The summed E-state index contributed by atoms with van der Waals surface area (Å²) in [7, 11) is 1.54. The maximum absolute atomic E-state index is 12.7. The third kappa shape index (κ3) is 3.98. The average Bonchev–Trinajstić information content (AvgIpc) is 3.19. The summed E-state index contributed by atoms with van der Waals surface area (Å²) < 4.78 is 12.5. The lowest BCUT2D eigenvalue weighted by Gasteiger charge is -2.13. The molecule has 27 heavy (non-hydrogen) atoms. The third-order valence-corrected chi connectivity index (χ3v) is 4.45. The molecule has 2 aromatic heterocycles. The smallest absolute Gasteiger partial charge is 0.274 e. The van der Waals surface area contributed by atoms with Gasteiger partial charge in [0.05, 0.1) is 12.8 Å². The first-order valence-corrected chi connectivity index (χ1v) is 8.93. The van der Waals surface area contributed by atoms with Crippen LogP contribution in [0.25, 0.3) is 11.6 Å². The Balaban J connectivity index is 1.88. The number of nitrogens with one attached hydrogen (secondary N) is 1. The first kappa shape index (κ1) is 19.0. The van der Waals surface area contributed by atoms with Crippen LogP contribution in [0.3, 0.4) is 0 Å². The molecule has 0 saturated carbocycles. The maximum Gasteiger partial charge on any atom is 0.274 e. The highest BCUT2D eigenvalue weighted by molar-refractivity contribution is 6.31. The minimum absolute atomic E-state index is 0.0918. The van der Waals surface area contributed by atoms with E-state index in [1.54, 1.807) is 18.2 Å². The van der Waals surface area contributed by atoms with Crippen LogP contribution in [0, 0.1) is 13.8 Å². The van der Waals surface area contributed by atoms with Crippen molar-refractivity contribution in [3.05, 3.63) is 46.4 Å². The van der Waals surface area contributed by atoms with Gasteiger partial charge in [-0.3, -0.25) is 4.79 Å². The van der Waals surface area contributed by atoms with E-state index < -0.39 is 0 Å². The van der Waals surface area contributed by atoms with E-state index in [0.717, 1.165) is 17.0 Å². The summed E-state index contributed by atoms with van der Waals surface area (Å²) in [6, 6.07) is 7.05. The van der Waals surface area contributed by atoms with E-state index >= 15 is 0 Å². The Morgan fingerprint density at radius 2 is 2.11 bits per heavy atom. The van der Waals surface area contributed by atoms with Gasteiger partial charge in [0.1, 0.15) is 18.0 Å². The van der Waals surface area contributed by atoms with E-state index in [2.05, 4.69) is 15.5 Å². The zero-order valence-electron chi connectivity index (χ0n) is 15.7. The Labute approximate surface area is 162 Å². The Kier molecular flexibility index (Phi) is 5.51. The fourth-order valence-electron chi connectivity index (χ4n) is 2.94. The van der Waals surface area contributed by atoms with Crippen molar-refractivity contribution < 1.29 is 14.1 Å². The van der Waals surface area contributed by atoms with E-state index in [0.29, 0.717) is 34.6 Å². The minimum atomic E-state index is -0.217. The molecule has 8 heteroatoms. The zero-order valence-corrected chi connectivity index (χ0v) is 16.4. The molecular formula is C19H21ClN4O3. The van der Waals surface area contributed by atoms with Crippen LogP contribution in [0.5, 0.6) is 5.75 Å². The van der Waals surface area contributed by atoms with Gasteiger partial charge in [0.15, 0.2) is 5.82 Å². The second kappa shape index (κ2) is 7.84. The molecule has 0 unspecified atom stereocenters. The molecule has 0 fully saturated rings. The highest BCUT2D eigenvalue weighted by Crippen LogP contribution is 2.29. The molecule has 0 aliphatic heterocycles. The molecule has 3 rings (SSSR count). The second-order valence-electron chi connectivity index (χ2n) is 6.17. The number of amides is 1. The van der Waals surface area contributed by atoms with Gasteiger partial charge >= 0.3 is 0 Å². The van der Waals surface area contributed by atoms with Gasteiger partial charge in [-0.1, -0.05) is 23.7 Å². The predicted molar refractivity (Wildman–Crippen MR) is 103 cm³/mol. The number of aromatic nitrogens is 3. The first-order chi connectivity index (χ1) is 12.9. The molecule has 1 N–H and O–H groups in total. The molecule has 1 amide bonds. The predicted octanol–water partition coefficient (Wildman–Crippen LogP) is 4.02. The van der Waals surface area contributed by atoms with Crippen molar-refractivity contribution in [2.45, 2.75) is 33.7 Å². The molecule has 0 aliphatic carbocycles. The lowest BCUT2D eigenvalue weighted by Crippen LogP contribution is -2.20. The Bertz CT molecular complexity index is 977. The fraction of sp³-hybridized carbons (Fsp3) is 0.316. The van der Waals surface area contributed by atoms with Crippen LogP contribution in [0.4, 0.5) is 5.69 Å². The van der Waals surface area contributed by atoms with Crippen LogP contribution in [-0.4, -0.2) is 27.7 Å². The summed E-state index contributed by atoms with van der Waals surface area (Å²) in [5.74, 6) is 1.36. The number of carbonyl (C=O) groups is 1. The van der Waals surface area contributed by atoms with Crippen LogP contribution < -0.4 is 10.1 Å². The van der Waals surface area contributed by atoms with E-state index in [1.807, 2.05) is 31.4 Å². The second-order valence-corrected chi connectivity index (χ2v) is 6.60. The van der Waals surface area contributed by atoms with Crippen LogP contribution >= 0.6 is 11.6 Å². The maximum atomic E-state index is 12.7. The van der Waals surface area contributed by atoms with Gasteiger partial charge in [-0.2, -0.15) is 4.98 Å². The molecule has 0 saturated heterocycles. The van der Waals surface area contributed by atoms with Crippen LogP contribution in [0.15, 0.2) is 28.8 Å². The topological polar surface area (TPSA) is 82.2 Å². The van der Waals surface area contributed by atoms with Crippen molar-refractivity contribution in [2.24, 2.45) is 0 Å². The van der Waals surface area contributed by atoms with Gasteiger partial charge in [-0.05, 0) is 43.7 Å². The van der Waals surface area contributed by atoms with E-state index in [-0.39, 0.29) is 12.5 Å². The summed E-state index contributed by atoms with van der Waals surface area (Å²) in [5.41, 5.74) is 3.15. The normalized spacial score (nSPS) is 10.9. The molecule has 0 spiro atoms. The van der Waals surface area contributed by atoms with Crippen molar-refractivity contribution in [1.82, 2.24) is 14.7 Å².